The van der Waals surface area contributed by atoms with Gasteiger partial charge in [0.15, 0.2) is 5.69 Å². The zero-order valence-electron chi connectivity index (χ0n) is 21.2. The molecule has 2 aromatic rings. The highest BCUT2D eigenvalue weighted by molar-refractivity contribution is 7.89. The van der Waals surface area contributed by atoms with Crippen molar-refractivity contribution in [2.45, 2.75) is 75.4 Å². The largest absolute Gasteiger partial charge is 0.351 e. The van der Waals surface area contributed by atoms with E-state index in [1.54, 1.807) is 24.0 Å². The maximum atomic E-state index is 13.4. The van der Waals surface area contributed by atoms with Crippen molar-refractivity contribution < 1.29 is 22.8 Å². The van der Waals surface area contributed by atoms with Gasteiger partial charge in [-0.15, -0.1) is 0 Å². The molecule has 4 N–H and O–H groups in total. The average molecular weight is 531 g/mol. The fraction of sp³-hybridized carbons (Fsp3) is 0.520. The van der Waals surface area contributed by atoms with Gasteiger partial charge in [0.2, 0.25) is 15.9 Å². The standard InChI is InChI=1S/C25H34N6O5S/c1-3-14-30-23(33)21-15-20(22(32)27-13-12-17-8-10-19(11-9-17)37(26,35)36)29-31(21)16-25(30,2)24(34)28-18-6-4-5-7-18/h8-11,15,18H,3-7,12-14,16H2,1-2H3,(H,27,32)(H,28,34)(H2,26,35,36)/t25-/m1/s1. The van der Waals surface area contributed by atoms with Crippen LogP contribution in [-0.2, 0) is 27.8 Å². The van der Waals surface area contributed by atoms with Crippen LogP contribution in [0, 0.1) is 0 Å². The molecule has 1 saturated carbocycles. The molecule has 1 aromatic carbocycles. The number of nitrogens with zero attached hydrogens (tertiary/aromatic N) is 3. The smallest absolute Gasteiger partial charge is 0.273 e. The molecule has 2 heterocycles. The second-order valence-corrected chi connectivity index (χ2v) is 11.5. The van der Waals surface area contributed by atoms with E-state index in [1.165, 1.54) is 22.9 Å². The molecule has 1 fully saturated rings. The molecule has 3 amide bonds. The van der Waals surface area contributed by atoms with Gasteiger partial charge >= 0.3 is 0 Å². The van der Waals surface area contributed by atoms with Gasteiger partial charge < -0.3 is 15.5 Å². The maximum absolute atomic E-state index is 13.4. The van der Waals surface area contributed by atoms with E-state index >= 15 is 0 Å². The number of nitrogens with two attached hydrogens (primary N) is 1. The number of hydrogen-bond acceptors (Lipinski definition) is 6. The first-order valence-corrected chi connectivity index (χ1v) is 14.2. The van der Waals surface area contributed by atoms with Crippen molar-refractivity contribution in [3.63, 3.8) is 0 Å². The molecule has 0 bridgehead atoms. The van der Waals surface area contributed by atoms with Crippen LogP contribution >= 0.6 is 0 Å². The summed E-state index contributed by atoms with van der Waals surface area (Å²) in [4.78, 5) is 41.2. The van der Waals surface area contributed by atoms with E-state index in [0.29, 0.717) is 19.4 Å². The van der Waals surface area contributed by atoms with E-state index in [4.69, 9.17) is 5.14 Å². The van der Waals surface area contributed by atoms with Crippen molar-refractivity contribution in [2.24, 2.45) is 5.14 Å². The Labute approximate surface area is 216 Å². The van der Waals surface area contributed by atoms with Gasteiger partial charge in [0.05, 0.1) is 11.4 Å². The molecule has 12 heteroatoms. The molecule has 200 valence electrons. The molecule has 0 unspecified atom stereocenters. The number of nitrogens with one attached hydrogen (secondary N) is 2. The highest BCUT2D eigenvalue weighted by atomic mass is 32.2. The van der Waals surface area contributed by atoms with E-state index in [1.807, 2.05) is 6.92 Å². The van der Waals surface area contributed by atoms with Crippen molar-refractivity contribution in [1.82, 2.24) is 25.3 Å². The predicted molar refractivity (Wildman–Crippen MR) is 136 cm³/mol. The number of primary sulfonamides is 1. The van der Waals surface area contributed by atoms with E-state index in [2.05, 4.69) is 15.7 Å². The van der Waals surface area contributed by atoms with Crippen LogP contribution in [0.3, 0.4) is 0 Å². The van der Waals surface area contributed by atoms with Crippen molar-refractivity contribution in [1.29, 1.82) is 0 Å². The van der Waals surface area contributed by atoms with Gasteiger partial charge in [0, 0.05) is 25.2 Å². The highest BCUT2D eigenvalue weighted by Crippen LogP contribution is 2.29. The summed E-state index contributed by atoms with van der Waals surface area (Å²) >= 11 is 0. The number of benzene rings is 1. The lowest BCUT2D eigenvalue weighted by molar-refractivity contribution is -0.133. The lowest BCUT2D eigenvalue weighted by Gasteiger charge is -2.43. The molecule has 2 aliphatic rings. The third kappa shape index (κ3) is 5.69. The maximum Gasteiger partial charge on any atom is 0.273 e. The molecule has 0 spiro atoms. The third-order valence-corrected chi connectivity index (χ3v) is 8.04. The zero-order chi connectivity index (χ0) is 26.8. The van der Waals surface area contributed by atoms with Crippen molar-refractivity contribution >= 4 is 27.7 Å². The summed E-state index contributed by atoms with van der Waals surface area (Å²) in [6.45, 7) is 4.58. The summed E-state index contributed by atoms with van der Waals surface area (Å²) < 4.78 is 24.2. The summed E-state index contributed by atoms with van der Waals surface area (Å²) in [5.41, 5.74) is 0.102. The number of amides is 3. The SMILES string of the molecule is CCCN1C(=O)c2cc(C(=O)NCCc3ccc(S(N)(=O)=O)cc3)nn2C[C@]1(C)C(=O)NC1CCCC1. The van der Waals surface area contributed by atoms with E-state index in [0.717, 1.165) is 31.2 Å². The first-order valence-electron chi connectivity index (χ1n) is 12.6. The predicted octanol–water partition coefficient (Wildman–Crippen LogP) is 1.19. The van der Waals surface area contributed by atoms with Gasteiger partial charge in [-0.2, -0.15) is 5.10 Å². The lowest BCUT2D eigenvalue weighted by Crippen LogP contribution is -2.65. The van der Waals surface area contributed by atoms with Crippen LogP contribution in [0.1, 0.15) is 72.5 Å². The molecule has 1 aliphatic carbocycles. The fourth-order valence-electron chi connectivity index (χ4n) is 4.99. The highest BCUT2D eigenvalue weighted by Gasteiger charge is 2.48. The summed E-state index contributed by atoms with van der Waals surface area (Å²) in [7, 11) is -3.76. The molecule has 1 atom stereocenters. The van der Waals surface area contributed by atoms with Gasteiger partial charge in [-0.25, -0.2) is 13.6 Å². The van der Waals surface area contributed by atoms with Gasteiger partial charge in [0.25, 0.3) is 11.8 Å². The van der Waals surface area contributed by atoms with Crippen LogP contribution in [0.15, 0.2) is 35.2 Å². The van der Waals surface area contributed by atoms with Crippen LogP contribution in [0.4, 0.5) is 0 Å². The second kappa shape index (κ2) is 10.6. The summed E-state index contributed by atoms with van der Waals surface area (Å²) in [6.07, 6.45) is 5.21. The summed E-state index contributed by atoms with van der Waals surface area (Å²) in [5.74, 6) is -0.949. The Morgan fingerprint density at radius 1 is 1.19 bits per heavy atom. The Kier molecular flexibility index (Phi) is 7.69. The topological polar surface area (TPSA) is 156 Å². The van der Waals surface area contributed by atoms with Crippen LogP contribution in [0.25, 0.3) is 0 Å². The van der Waals surface area contributed by atoms with Crippen LogP contribution in [0.5, 0.6) is 0 Å². The minimum absolute atomic E-state index is 0.0228. The molecule has 0 radical (unpaired) electrons. The summed E-state index contributed by atoms with van der Waals surface area (Å²) in [5, 5.41) is 15.4. The van der Waals surface area contributed by atoms with Crippen molar-refractivity contribution in [3.05, 3.63) is 47.3 Å². The second-order valence-electron chi connectivity index (χ2n) is 9.95. The fourth-order valence-corrected chi connectivity index (χ4v) is 5.51. The minimum atomic E-state index is -3.76. The Balaban J connectivity index is 1.44. The van der Waals surface area contributed by atoms with E-state index < -0.39 is 21.5 Å². The number of hydrogen-bond donors (Lipinski definition) is 3. The lowest BCUT2D eigenvalue weighted by atomic mass is 9.94. The van der Waals surface area contributed by atoms with Crippen molar-refractivity contribution in [2.75, 3.05) is 13.1 Å². The Bertz CT molecular complexity index is 1280. The molecular formula is C25H34N6O5S. The third-order valence-electron chi connectivity index (χ3n) is 7.11. The Hall–Kier alpha value is -3.25. The van der Waals surface area contributed by atoms with Gasteiger partial charge in [-0.05, 0) is 50.3 Å². The quantitative estimate of drug-likeness (QED) is 0.442. The number of rotatable bonds is 9. The van der Waals surface area contributed by atoms with E-state index in [9.17, 15) is 22.8 Å². The summed E-state index contributed by atoms with van der Waals surface area (Å²) in [6, 6.07) is 7.71. The van der Waals surface area contributed by atoms with E-state index in [-0.39, 0.29) is 47.2 Å². The van der Waals surface area contributed by atoms with Crippen molar-refractivity contribution in [3.8, 4) is 0 Å². The van der Waals surface area contributed by atoms with Crippen LogP contribution < -0.4 is 15.8 Å². The zero-order valence-corrected chi connectivity index (χ0v) is 22.0. The average Bonchev–Trinajstić information content (AvgIpc) is 3.51. The number of aromatic nitrogens is 2. The molecule has 4 rings (SSSR count). The first-order chi connectivity index (χ1) is 17.5. The number of carbonyl (C=O) groups excluding carboxylic acids is 3. The molecule has 11 nitrogen and oxygen atoms in total. The Morgan fingerprint density at radius 2 is 1.86 bits per heavy atom. The molecule has 1 aliphatic heterocycles. The van der Waals surface area contributed by atoms with Gasteiger partial charge in [0.1, 0.15) is 11.2 Å². The minimum Gasteiger partial charge on any atom is -0.351 e. The molecule has 37 heavy (non-hydrogen) atoms. The molecule has 1 aromatic heterocycles. The van der Waals surface area contributed by atoms with Crippen LogP contribution in [0.2, 0.25) is 0 Å². The van der Waals surface area contributed by atoms with Gasteiger partial charge in [-0.3, -0.25) is 19.1 Å². The normalized spacial score (nSPS) is 20.1. The monoisotopic (exact) mass is 530 g/mol. The molecular weight excluding hydrogens is 496 g/mol. The first kappa shape index (κ1) is 26.8. The van der Waals surface area contributed by atoms with Crippen LogP contribution in [-0.4, -0.2) is 65.5 Å². The van der Waals surface area contributed by atoms with Gasteiger partial charge in [-0.1, -0.05) is 31.9 Å². The molecule has 0 saturated heterocycles. The Morgan fingerprint density at radius 3 is 2.49 bits per heavy atom. The number of carbonyl (C=O) groups is 3. The number of sulfonamides is 1. The number of fused-ring (bicyclic) bond motifs is 1.